The maximum Gasteiger partial charge on any atom is 0.316 e. The van der Waals surface area contributed by atoms with Gasteiger partial charge in [-0.2, -0.15) is 0 Å². The summed E-state index contributed by atoms with van der Waals surface area (Å²) in [6.45, 7) is 27.8. The van der Waals surface area contributed by atoms with Crippen molar-refractivity contribution in [2.45, 2.75) is 194 Å². The Bertz CT molecular complexity index is 2260. The van der Waals surface area contributed by atoms with E-state index in [1.165, 1.54) is 63.1 Å². The van der Waals surface area contributed by atoms with Gasteiger partial charge in [0.15, 0.2) is 11.5 Å². The number of rotatable bonds is 19. The molecule has 0 aliphatic rings. The molecule has 3 rings (SSSR count). The Hall–Kier alpha value is -5.00. The second kappa shape index (κ2) is 22.7. The summed E-state index contributed by atoms with van der Waals surface area (Å²) in [7, 11) is 0. The summed E-state index contributed by atoms with van der Waals surface area (Å²) >= 11 is 0. The second-order valence-corrected chi connectivity index (χ2v) is 22.7. The highest BCUT2D eigenvalue weighted by molar-refractivity contribution is 5.96. The molecule has 0 atom stereocenters. The number of aryl methyl sites for hydroxylation is 1. The monoisotopic (exact) mass is 918 g/mol. The van der Waals surface area contributed by atoms with Gasteiger partial charge >= 0.3 is 29.8 Å². The summed E-state index contributed by atoms with van der Waals surface area (Å²) in [4.78, 5) is 82.9. The van der Waals surface area contributed by atoms with Crippen LogP contribution in [0.4, 0.5) is 0 Å². The van der Waals surface area contributed by atoms with E-state index in [1.54, 1.807) is 121 Å². The zero-order valence-corrected chi connectivity index (χ0v) is 43.0. The summed E-state index contributed by atoms with van der Waals surface area (Å²) in [5.41, 5.74) is -4.97. The van der Waals surface area contributed by atoms with Crippen LogP contribution in [-0.2, 0) is 30.5 Å². The predicted octanol–water partition coefficient (Wildman–Crippen LogP) is 13.1. The number of hydrogen-bond donors (Lipinski definition) is 0. The molecular formula is C54H79NO11. The van der Waals surface area contributed by atoms with E-state index in [0.717, 1.165) is 25.7 Å². The fourth-order valence-electron chi connectivity index (χ4n) is 6.43. The lowest BCUT2D eigenvalue weighted by atomic mass is 9.96. The normalized spacial score (nSPS) is 12.5. The third-order valence-electron chi connectivity index (χ3n) is 10.8. The van der Waals surface area contributed by atoms with Crippen molar-refractivity contribution in [1.29, 1.82) is 0 Å². The molecule has 0 bridgehead atoms. The molecule has 1 aromatic heterocycles. The van der Waals surface area contributed by atoms with Gasteiger partial charge < -0.3 is 28.3 Å². The van der Waals surface area contributed by atoms with E-state index in [2.05, 4.69) is 6.92 Å². The number of fused-ring (bicyclic) bond motifs is 1. The molecular weight excluding hydrogens is 839 g/mol. The fraction of sp³-hybridized carbons (Fsp3) is 0.630. The molecule has 66 heavy (non-hydrogen) atoms. The zero-order chi connectivity index (χ0) is 50.0. The van der Waals surface area contributed by atoms with Crippen LogP contribution in [-0.4, -0.2) is 34.4 Å². The van der Waals surface area contributed by atoms with Crippen molar-refractivity contribution < 1.29 is 47.7 Å². The van der Waals surface area contributed by atoms with E-state index in [9.17, 15) is 24.0 Å². The molecule has 0 radical (unpaired) electrons. The third kappa shape index (κ3) is 15.8. The Balaban J connectivity index is 2.45. The first-order valence-corrected chi connectivity index (χ1v) is 23.9. The average molecular weight is 918 g/mol. The largest absolute Gasteiger partial charge is 0.426 e. The van der Waals surface area contributed by atoms with Crippen molar-refractivity contribution in [3.05, 3.63) is 40.6 Å². The Morgan fingerprint density at radius 3 is 1.30 bits per heavy atom. The smallest absolute Gasteiger partial charge is 0.316 e. The lowest BCUT2D eigenvalue weighted by molar-refractivity contribution is -0.145. The van der Waals surface area contributed by atoms with Crippen molar-refractivity contribution in [3.8, 4) is 40.0 Å². The standard InChI is InChI=1S/C54H79NO11/c1-17-18-19-20-21-22-23-24-25-26-27-28-31-55-37-33-36(62-45(57)50(2,3)4)34-40(65-48(60)53(11,12)13)41(37)43(56)44(66-49(61)54(14,15)16)42(55)35-29-30-38(63-46(58)51(5,6)7)39(32-35)64-47(59)52(8,9)10/h29-30,32-34H,17-28,31H2,1-16H3. The maximum atomic E-state index is 15.2. The van der Waals surface area contributed by atoms with Crippen molar-refractivity contribution in [2.75, 3.05) is 0 Å². The number of pyridine rings is 1. The third-order valence-corrected chi connectivity index (χ3v) is 10.8. The molecule has 0 aliphatic carbocycles. The second-order valence-electron chi connectivity index (χ2n) is 22.7. The van der Waals surface area contributed by atoms with Crippen LogP contribution < -0.4 is 29.1 Å². The van der Waals surface area contributed by atoms with Crippen LogP contribution in [0.25, 0.3) is 22.2 Å². The Morgan fingerprint density at radius 2 is 0.848 bits per heavy atom. The molecule has 366 valence electrons. The zero-order valence-electron chi connectivity index (χ0n) is 43.0. The van der Waals surface area contributed by atoms with Crippen molar-refractivity contribution in [2.24, 2.45) is 27.1 Å². The molecule has 0 saturated heterocycles. The minimum absolute atomic E-state index is 0.0246. The number of carbonyl (C=O) groups is 5. The molecule has 3 aromatic rings. The predicted molar refractivity (Wildman–Crippen MR) is 260 cm³/mol. The molecule has 0 unspecified atom stereocenters. The average Bonchev–Trinajstić information content (AvgIpc) is 3.18. The van der Waals surface area contributed by atoms with Crippen LogP contribution in [0.3, 0.4) is 0 Å². The van der Waals surface area contributed by atoms with Crippen LogP contribution in [0.2, 0.25) is 0 Å². The maximum absolute atomic E-state index is 15.2. The van der Waals surface area contributed by atoms with Gasteiger partial charge in [0.2, 0.25) is 11.2 Å². The SMILES string of the molecule is CCCCCCCCCCCCCCn1c(-c2ccc(OC(=O)C(C)(C)C)c(OC(=O)C(C)(C)C)c2)c(OC(=O)C(C)(C)C)c(=O)c2c(OC(=O)C(C)(C)C)cc(OC(=O)C(C)(C)C)cc21. The highest BCUT2D eigenvalue weighted by atomic mass is 16.6. The van der Waals surface area contributed by atoms with Gasteiger partial charge in [-0.15, -0.1) is 0 Å². The van der Waals surface area contributed by atoms with E-state index in [-0.39, 0.29) is 57.5 Å². The van der Waals surface area contributed by atoms with E-state index in [0.29, 0.717) is 6.42 Å². The fourth-order valence-corrected chi connectivity index (χ4v) is 6.43. The van der Waals surface area contributed by atoms with Gasteiger partial charge in [-0.05, 0) is 128 Å². The molecule has 0 saturated carbocycles. The van der Waals surface area contributed by atoms with Crippen molar-refractivity contribution in [3.63, 3.8) is 0 Å². The lowest BCUT2D eigenvalue weighted by Crippen LogP contribution is -2.30. The van der Waals surface area contributed by atoms with E-state index >= 15 is 4.79 Å². The van der Waals surface area contributed by atoms with Crippen LogP contribution in [0, 0.1) is 27.1 Å². The van der Waals surface area contributed by atoms with E-state index in [1.807, 2.05) is 0 Å². The van der Waals surface area contributed by atoms with Gasteiger partial charge in [-0.25, -0.2) is 0 Å². The first-order valence-electron chi connectivity index (χ1n) is 23.9. The number of benzene rings is 2. The van der Waals surface area contributed by atoms with E-state index in [4.69, 9.17) is 23.7 Å². The number of carbonyl (C=O) groups excluding carboxylic acids is 5. The minimum Gasteiger partial charge on any atom is -0.426 e. The number of esters is 5. The molecule has 0 aliphatic heterocycles. The van der Waals surface area contributed by atoms with Crippen LogP contribution in [0.1, 0.15) is 188 Å². The quantitative estimate of drug-likeness (QED) is 0.0641. The lowest BCUT2D eigenvalue weighted by Gasteiger charge is -2.25. The summed E-state index contributed by atoms with van der Waals surface area (Å²) in [5.74, 6) is -3.77. The summed E-state index contributed by atoms with van der Waals surface area (Å²) in [5, 5.41) is -0.0716. The summed E-state index contributed by atoms with van der Waals surface area (Å²) in [6.07, 6.45) is 13.3. The van der Waals surface area contributed by atoms with Gasteiger partial charge in [-0.1, -0.05) is 77.6 Å². The summed E-state index contributed by atoms with van der Waals surface area (Å²) < 4.78 is 31.7. The molecule has 0 N–H and O–H groups in total. The van der Waals surface area contributed by atoms with Crippen molar-refractivity contribution >= 4 is 40.7 Å². The number of hydrogen-bond acceptors (Lipinski definition) is 11. The van der Waals surface area contributed by atoms with Crippen LogP contribution >= 0.6 is 0 Å². The highest BCUT2D eigenvalue weighted by Crippen LogP contribution is 2.42. The number of aromatic nitrogens is 1. The molecule has 12 heteroatoms. The Kier molecular flexibility index (Phi) is 19.0. The van der Waals surface area contributed by atoms with Gasteiger partial charge in [0, 0.05) is 24.2 Å². The number of unbranched alkanes of at least 4 members (excludes halogenated alkanes) is 11. The molecule has 1 heterocycles. The molecule has 2 aromatic carbocycles. The van der Waals surface area contributed by atoms with Crippen LogP contribution in [0.5, 0.6) is 28.7 Å². The minimum atomic E-state index is -1.07. The number of ether oxygens (including phenoxy) is 5. The first-order chi connectivity index (χ1) is 30.4. The number of nitrogens with zero attached hydrogens (tertiary/aromatic N) is 1. The molecule has 12 nitrogen and oxygen atoms in total. The Labute approximate surface area is 393 Å². The molecule has 0 spiro atoms. The van der Waals surface area contributed by atoms with E-state index < -0.39 is 62.4 Å². The highest BCUT2D eigenvalue weighted by Gasteiger charge is 2.34. The molecule has 0 fully saturated rings. The topological polar surface area (TPSA) is 154 Å². The van der Waals surface area contributed by atoms with Gasteiger partial charge in [0.25, 0.3) is 0 Å². The van der Waals surface area contributed by atoms with Gasteiger partial charge in [0.1, 0.15) is 11.5 Å². The molecule has 0 amide bonds. The summed E-state index contributed by atoms with van der Waals surface area (Å²) in [6, 6.07) is 7.43. The van der Waals surface area contributed by atoms with Crippen LogP contribution in [0.15, 0.2) is 35.1 Å². The van der Waals surface area contributed by atoms with Gasteiger partial charge in [0.05, 0.1) is 43.7 Å². The Morgan fingerprint density at radius 1 is 0.455 bits per heavy atom. The van der Waals surface area contributed by atoms with Crippen molar-refractivity contribution in [1.82, 2.24) is 4.57 Å². The van der Waals surface area contributed by atoms with Gasteiger partial charge in [-0.3, -0.25) is 28.8 Å². The first kappa shape index (κ1) is 55.3.